The first-order valence-electron chi connectivity index (χ1n) is 9.11. The Hall–Kier alpha value is -3.94. The highest BCUT2D eigenvalue weighted by molar-refractivity contribution is 6.08. The molecule has 0 aliphatic carbocycles. The molecular weight excluding hydrogens is 372 g/mol. The van der Waals surface area contributed by atoms with Crippen molar-refractivity contribution < 1.29 is 19.1 Å². The number of rotatable bonds is 5. The zero-order valence-corrected chi connectivity index (χ0v) is 15.6. The standard InChI is InChI=1S/C21H18N4O4/c1-2-29-21(28)16-12-22-25(15-6-4-3-5-7-15)19(16)24-20(27)13-8-9-17-14(10-13)11-18(26)23-17/h3-10,12H,2,11H2,1H3,(H,23,26)(H,24,27). The minimum absolute atomic E-state index is 0.107. The van der Waals surface area contributed by atoms with Gasteiger partial charge in [0.05, 0.1) is 24.9 Å². The van der Waals surface area contributed by atoms with Crippen molar-refractivity contribution in [2.75, 3.05) is 17.2 Å². The zero-order valence-electron chi connectivity index (χ0n) is 15.6. The van der Waals surface area contributed by atoms with E-state index in [9.17, 15) is 14.4 Å². The van der Waals surface area contributed by atoms with Crippen LogP contribution in [0.15, 0.2) is 54.7 Å². The quantitative estimate of drug-likeness (QED) is 0.652. The van der Waals surface area contributed by atoms with Crippen LogP contribution in [0.25, 0.3) is 5.69 Å². The molecule has 8 nitrogen and oxygen atoms in total. The highest BCUT2D eigenvalue weighted by Crippen LogP contribution is 2.26. The number of nitrogens with one attached hydrogen (secondary N) is 2. The lowest BCUT2D eigenvalue weighted by Crippen LogP contribution is -2.18. The van der Waals surface area contributed by atoms with Crippen LogP contribution in [0.2, 0.25) is 0 Å². The summed E-state index contributed by atoms with van der Waals surface area (Å²) in [5.74, 6) is -0.886. The van der Waals surface area contributed by atoms with Gasteiger partial charge in [-0.05, 0) is 42.8 Å². The fraction of sp³-hybridized carbons (Fsp3) is 0.143. The second-order valence-electron chi connectivity index (χ2n) is 6.43. The van der Waals surface area contributed by atoms with Gasteiger partial charge < -0.3 is 15.4 Å². The molecule has 2 amide bonds. The van der Waals surface area contributed by atoms with Crippen LogP contribution in [-0.4, -0.2) is 34.2 Å². The van der Waals surface area contributed by atoms with Crippen molar-refractivity contribution in [1.29, 1.82) is 0 Å². The van der Waals surface area contributed by atoms with E-state index in [2.05, 4.69) is 15.7 Å². The number of hydrogen-bond acceptors (Lipinski definition) is 5. The maximum Gasteiger partial charge on any atom is 0.343 e. The molecule has 146 valence electrons. The van der Waals surface area contributed by atoms with Crippen molar-refractivity contribution >= 4 is 29.3 Å². The molecule has 4 rings (SSSR count). The Labute approximate surface area is 166 Å². The molecule has 0 saturated carbocycles. The first-order chi connectivity index (χ1) is 14.1. The third-order valence-electron chi connectivity index (χ3n) is 4.49. The lowest BCUT2D eigenvalue weighted by atomic mass is 10.1. The van der Waals surface area contributed by atoms with Gasteiger partial charge in [-0.2, -0.15) is 5.10 Å². The largest absolute Gasteiger partial charge is 0.462 e. The fourth-order valence-corrected chi connectivity index (χ4v) is 3.14. The summed E-state index contributed by atoms with van der Waals surface area (Å²) in [5.41, 5.74) is 2.66. The molecule has 0 atom stereocenters. The average molecular weight is 390 g/mol. The first kappa shape index (κ1) is 18.4. The molecule has 0 radical (unpaired) electrons. The lowest BCUT2D eigenvalue weighted by Gasteiger charge is -2.11. The number of anilines is 2. The van der Waals surface area contributed by atoms with Gasteiger partial charge >= 0.3 is 5.97 Å². The van der Waals surface area contributed by atoms with E-state index in [4.69, 9.17) is 4.74 Å². The molecule has 2 heterocycles. The molecule has 1 aromatic heterocycles. The second-order valence-corrected chi connectivity index (χ2v) is 6.43. The Morgan fingerprint density at radius 2 is 2.00 bits per heavy atom. The number of fused-ring (bicyclic) bond motifs is 1. The first-order valence-corrected chi connectivity index (χ1v) is 9.11. The number of amides is 2. The molecule has 0 bridgehead atoms. The van der Waals surface area contributed by atoms with Crippen LogP contribution in [0.3, 0.4) is 0 Å². The predicted molar refractivity (Wildman–Crippen MR) is 106 cm³/mol. The van der Waals surface area contributed by atoms with E-state index in [0.29, 0.717) is 16.9 Å². The Bertz CT molecular complexity index is 1110. The third-order valence-corrected chi connectivity index (χ3v) is 4.49. The van der Waals surface area contributed by atoms with Gasteiger partial charge in [0.25, 0.3) is 5.91 Å². The van der Waals surface area contributed by atoms with Gasteiger partial charge in [-0.25, -0.2) is 9.48 Å². The van der Waals surface area contributed by atoms with Gasteiger partial charge in [0.1, 0.15) is 5.56 Å². The number of carbonyl (C=O) groups is 3. The van der Waals surface area contributed by atoms with Crippen molar-refractivity contribution in [3.63, 3.8) is 0 Å². The van der Waals surface area contributed by atoms with Gasteiger partial charge in [-0.3, -0.25) is 9.59 Å². The van der Waals surface area contributed by atoms with Gasteiger partial charge in [0.2, 0.25) is 5.91 Å². The summed E-state index contributed by atoms with van der Waals surface area (Å²) >= 11 is 0. The predicted octanol–water partition coefficient (Wildman–Crippen LogP) is 2.80. The van der Waals surface area contributed by atoms with E-state index in [1.165, 1.54) is 10.9 Å². The van der Waals surface area contributed by atoms with Gasteiger partial charge in [0, 0.05) is 11.3 Å². The second kappa shape index (κ2) is 7.59. The SMILES string of the molecule is CCOC(=O)c1cnn(-c2ccccc2)c1NC(=O)c1ccc2c(c1)CC(=O)N2. The van der Waals surface area contributed by atoms with E-state index in [1.807, 2.05) is 30.3 Å². The van der Waals surface area contributed by atoms with E-state index < -0.39 is 11.9 Å². The van der Waals surface area contributed by atoms with Crippen molar-refractivity contribution in [1.82, 2.24) is 9.78 Å². The molecule has 1 aliphatic rings. The van der Waals surface area contributed by atoms with Crippen molar-refractivity contribution in [2.24, 2.45) is 0 Å². The van der Waals surface area contributed by atoms with Gasteiger partial charge in [-0.1, -0.05) is 18.2 Å². The summed E-state index contributed by atoms with van der Waals surface area (Å²) in [6, 6.07) is 14.1. The minimum Gasteiger partial charge on any atom is -0.462 e. The van der Waals surface area contributed by atoms with Crippen molar-refractivity contribution in [3.05, 3.63) is 71.4 Å². The summed E-state index contributed by atoms with van der Waals surface area (Å²) in [4.78, 5) is 36.8. The normalized spacial score (nSPS) is 12.2. The highest BCUT2D eigenvalue weighted by Gasteiger charge is 2.23. The summed E-state index contributed by atoms with van der Waals surface area (Å²) in [7, 11) is 0. The highest BCUT2D eigenvalue weighted by atomic mass is 16.5. The summed E-state index contributed by atoms with van der Waals surface area (Å²) < 4.78 is 6.56. The maximum atomic E-state index is 12.9. The zero-order chi connectivity index (χ0) is 20.4. The van der Waals surface area contributed by atoms with Crippen LogP contribution < -0.4 is 10.6 Å². The fourth-order valence-electron chi connectivity index (χ4n) is 3.14. The number of nitrogens with zero attached hydrogens (tertiary/aromatic N) is 2. The van der Waals surface area contributed by atoms with Gasteiger partial charge in [-0.15, -0.1) is 0 Å². The van der Waals surface area contributed by atoms with E-state index in [0.717, 1.165) is 5.56 Å². The molecule has 2 aromatic carbocycles. The smallest absolute Gasteiger partial charge is 0.343 e. The van der Waals surface area contributed by atoms with Crippen LogP contribution in [0, 0.1) is 0 Å². The van der Waals surface area contributed by atoms with Gasteiger partial charge in [0.15, 0.2) is 5.82 Å². The Morgan fingerprint density at radius 3 is 2.76 bits per heavy atom. The molecule has 3 aromatic rings. The van der Waals surface area contributed by atoms with Crippen LogP contribution >= 0.6 is 0 Å². The number of carbonyl (C=O) groups excluding carboxylic acids is 3. The molecule has 0 unspecified atom stereocenters. The summed E-state index contributed by atoms with van der Waals surface area (Å²) in [5, 5.41) is 9.75. The number of aromatic nitrogens is 2. The molecular formula is C21H18N4O4. The van der Waals surface area contributed by atoms with Crippen molar-refractivity contribution in [3.8, 4) is 5.69 Å². The van der Waals surface area contributed by atoms with Crippen molar-refractivity contribution in [2.45, 2.75) is 13.3 Å². The monoisotopic (exact) mass is 390 g/mol. The van der Waals surface area contributed by atoms with E-state index in [1.54, 1.807) is 25.1 Å². The molecule has 29 heavy (non-hydrogen) atoms. The molecule has 8 heteroatoms. The Morgan fingerprint density at radius 1 is 1.21 bits per heavy atom. The lowest BCUT2D eigenvalue weighted by molar-refractivity contribution is -0.115. The molecule has 2 N–H and O–H groups in total. The van der Waals surface area contributed by atoms with Crippen LogP contribution in [0.5, 0.6) is 0 Å². The van der Waals surface area contributed by atoms with Crippen LogP contribution in [0.1, 0.15) is 33.2 Å². The van der Waals surface area contributed by atoms with E-state index in [-0.39, 0.29) is 30.3 Å². The minimum atomic E-state index is -0.575. The molecule has 1 aliphatic heterocycles. The average Bonchev–Trinajstić information content (AvgIpc) is 3.30. The Balaban J connectivity index is 1.69. The summed E-state index contributed by atoms with van der Waals surface area (Å²) in [6.07, 6.45) is 1.60. The number of ether oxygens (including phenoxy) is 1. The third kappa shape index (κ3) is 3.60. The number of para-hydroxylation sites is 1. The number of hydrogen-bond donors (Lipinski definition) is 2. The molecule has 0 fully saturated rings. The summed E-state index contributed by atoms with van der Waals surface area (Å²) in [6.45, 7) is 1.91. The number of esters is 1. The van der Waals surface area contributed by atoms with E-state index >= 15 is 0 Å². The topological polar surface area (TPSA) is 102 Å². The molecule has 0 saturated heterocycles. The van der Waals surface area contributed by atoms with Crippen LogP contribution in [-0.2, 0) is 16.0 Å². The van der Waals surface area contributed by atoms with Crippen LogP contribution in [0.4, 0.5) is 11.5 Å². The maximum absolute atomic E-state index is 12.9. The number of benzene rings is 2. The Kier molecular flexibility index (Phi) is 4.82. The molecule has 0 spiro atoms.